The van der Waals surface area contributed by atoms with E-state index in [9.17, 15) is 8.42 Å². The first kappa shape index (κ1) is 20.6. The second-order valence-corrected chi connectivity index (χ2v) is 9.56. The van der Waals surface area contributed by atoms with Gasteiger partial charge in [-0.15, -0.1) is 11.3 Å². The van der Waals surface area contributed by atoms with E-state index in [1.165, 1.54) is 17.4 Å². The van der Waals surface area contributed by atoms with Crippen molar-refractivity contribution in [3.63, 3.8) is 0 Å². The molecule has 3 aromatic carbocycles. The Morgan fingerprint density at radius 2 is 1.70 bits per heavy atom. The van der Waals surface area contributed by atoms with E-state index in [1.807, 2.05) is 60.0 Å². The van der Waals surface area contributed by atoms with E-state index >= 15 is 0 Å². The molecule has 0 aliphatic carbocycles. The summed E-state index contributed by atoms with van der Waals surface area (Å²) >= 11 is 7.80. The van der Waals surface area contributed by atoms with Gasteiger partial charge in [-0.2, -0.15) is 0 Å². The zero-order valence-electron chi connectivity index (χ0n) is 15.8. The van der Waals surface area contributed by atoms with E-state index in [0.29, 0.717) is 17.4 Å². The van der Waals surface area contributed by atoms with Crippen molar-refractivity contribution in [1.82, 2.24) is 0 Å². The Kier molecular flexibility index (Phi) is 5.92. The molecule has 0 amide bonds. The largest absolute Gasteiger partial charge is 0.488 e. The minimum Gasteiger partial charge on any atom is -0.488 e. The van der Waals surface area contributed by atoms with Crippen LogP contribution in [0.25, 0.3) is 21.6 Å². The van der Waals surface area contributed by atoms with Gasteiger partial charge in [-0.3, -0.25) is 0 Å². The maximum absolute atomic E-state index is 11.8. The van der Waals surface area contributed by atoms with Crippen molar-refractivity contribution in [1.29, 1.82) is 0 Å². The Hall–Kier alpha value is -2.64. The van der Waals surface area contributed by atoms with Gasteiger partial charge in [-0.25, -0.2) is 13.6 Å². The van der Waals surface area contributed by atoms with E-state index in [-0.39, 0.29) is 4.90 Å². The fourth-order valence-electron chi connectivity index (χ4n) is 3.13. The first-order valence-corrected chi connectivity index (χ1v) is 11.9. The van der Waals surface area contributed by atoms with Gasteiger partial charge in [0.2, 0.25) is 10.0 Å². The van der Waals surface area contributed by atoms with Crippen LogP contribution in [0.4, 0.5) is 0 Å². The van der Waals surface area contributed by atoms with Gasteiger partial charge in [-0.1, -0.05) is 54.1 Å². The highest BCUT2D eigenvalue weighted by molar-refractivity contribution is 7.89. The minimum atomic E-state index is -3.79. The normalized spacial score (nSPS) is 11.4. The van der Waals surface area contributed by atoms with Crippen molar-refractivity contribution < 1.29 is 13.2 Å². The minimum absolute atomic E-state index is 0.0750. The summed E-state index contributed by atoms with van der Waals surface area (Å²) in [4.78, 5) is 0.985. The van der Waals surface area contributed by atoms with Gasteiger partial charge >= 0.3 is 0 Å². The number of rotatable bonds is 6. The summed E-state index contributed by atoms with van der Waals surface area (Å²) in [6, 6.07) is 24.0. The predicted octanol–water partition coefficient (Wildman–Crippen LogP) is 5.96. The van der Waals surface area contributed by atoms with Crippen LogP contribution < -0.4 is 9.88 Å². The van der Waals surface area contributed by atoms with Crippen molar-refractivity contribution in [2.45, 2.75) is 11.5 Å². The Morgan fingerprint density at radius 1 is 0.900 bits per heavy atom. The molecule has 1 heterocycles. The first-order valence-electron chi connectivity index (χ1n) is 9.09. The molecule has 0 aliphatic rings. The maximum Gasteiger partial charge on any atom is 0.238 e. The fourth-order valence-corrected chi connectivity index (χ4v) is 4.77. The smallest absolute Gasteiger partial charge is 0.238 e. The van der Waals surface area contributed by atoms with Gasteiger partial charge in [0, 0.05) is 21.0 Å². The lowest BCUT2D eigenvalue weighted by Crippen LogP contribution is -2.11. The highest BCUT2D eigenvalue weighted by atomic mass is 35.5. The highest BCUT2D eigenvalue weighted by Gasteiger charge is 2.16. The van der Waals surface area contributed by atoms with Crippen LogP contribution in [0.2, 0.25) is 5.02 Å². The summed E-state index contributed by atoms with van der Waals surface area (Å²) in [6.45, 7) is 0.426. The number of nitrogens with two attached hydrogens (primary N) is 1. The standard InChI is InChI=1S/C23H18ClNO3S2/c24-18-9-10-22(28-15-16-5-2-1-3-6-16)21(14-18)20-11-12-29-23(20)17-7-4-8-19(13-17)30(25,26)27/h1-14H,15H2,(H2,25,26,27). The van der Waals surface area contributed by atoms with Crippen LogP contribution in [0, 0.1) is 0 Å². The van der Waals surface area contributed by atoms with E-state index < -0.39 is 10.0 Å². The molecule has 2 N–H and O–H groups in total. The number of ether oxygens (including phenoxy) is 1. The molecule has 152 valence electrons. The van der Waals surface area contributed by atoms with Crippen LogP contribution in [0.1, 0.15) is 5.56 Å². The molecule has 0 radical (unpaired) electrons. The fraction of sp³-hybridized carbons (Fsp3) is 0.0435. The Morgan fingerprint density at radius 3 is 2.47 bits per heavy atom. The molecule has 0 saturated carbocycles. The third-order valence-electron chi connectivity index (χ3n) is 4.56. The van der Waals surface area contributed by atoms with Crippen LogP contribution in [-0.2, 0) is 16.6 Å². The quantitative estimate of drug-likeness (QED) is 0.390. The molecule has 0 aliphatic heterocycles. The summed E-state index contributed by atoms with van der Waals surface area (Å²) in [7, 11) is -3.79. The molecule has 0 bridgehead atoms. The topological polar surface area (TPSA) is 69.4 Å². The number of sulfonamides is 1. The molecule has 0 unspecified atom stereocenters. The van der Waals surface area contributed by atoms with Gasteiger partial charge in [0.1, 0.15) is 12.4 Å². The average Bonchev–Trinajstić information content (AvgIpc) is 3.23. The summed E-state index contributed by atoms with van der Waals surface area (Å²) < 4.78 is 29.6. The zero-order valence-corrected chi connectivity index (χ0v) is 18.2. The van der Waals surface area contributed by atoms with Gasteiger partial charge in [0.25, 0.3) is 0 Å². The van der Waals surface area contributed by atoms with E-state index in [1.54, 1.807) is 18.2 Å². The summed E-state index contributed by atoms with van der Waals surface area (Å²) in [5.74, 6) is 0.700. The summed E-state index contributed by atoms with van der Waals surface area (Å²) in [5.41, 5.74) is 3.58. The molecular weight excluding hydrogens is 438 g/mol. The molecule has 30 heavy (non-hydrogen) atoms. The number of primary sulfonamides is 1. The second kappa shape index (κ2) is 8.62. The van der Waals surface area contributed by atoms with Crippen molar-refractivity contribution in [2.75, 3.05) is 0 Å². The molecular formula is C23H18ClNO3S2. The van der Waals surface area contributed by atoms with E-state index in [0.717, 1.165) is 27.1 Å². The maximum atomic E-state index is 11.8. The Balaban J connectivity index is 1.74. The molecule has 4 aromatic rings. The third-order valence-corrected chi connectivity index (χ3v) is 6.67. The Labute approximate surface area is 184 Å². The van der Waals surface area contributed by atoms with Crippen LogP contribution in [-0.4, -0.2) is 8.42 Å². The lowest BCUT2D eigenvalue weighted by Gasteiger charge is -2.13. The Bertz CT molecular complexity index is 1280. The average molecular weight is 456 g/mol. The molecule has 4 nitrogen and oxygen atoms in total. The van der Waals surface area contributed by atoms with Crippen molar-refractivity contribution in [3.05, 3.63) is 94.8 Å². The monoisotopic (exact) mass is 455 g/mol. The lowest BCUT2D eigenvalue weighted by atomic mass is 10.0. The van der Waals surface area contributed by atoms with Gasteiger partial charge in [0.05, 0.1) is 4.90 Å². The first-order chi connectivity index (χ1) is 14.4. The van der Waals surface area contributed by atoms with Crippen LogP contribution in [0.5, 0.6) is 5.75 Å². The van der Waals surface area contributed by atoms with Crippen LogP contribution >= 0.6 is 22.9 Å². The van der Waals surface area contributed by atoms with Gasteiger partial charge in [-0.05, 0) is 52.9 Å². The number of halogens is 1. The number of thiophene rings is 1. The van der Waals surface area contributed by atoms with Crippen molar-refractivity contribution in [2.24, 2.45) is 5.14 Å². The van der Waals surface area contributed by atoms with E-state index in [4.69, 9.17) is 21.5 Å². The molecule has 0 atom stereocenters. The molecule has 7 heteroatoms. The molecule has 4 rings (SSSR count). The van der Waals surface area contributed by atoms with Crippen molar-refractivity contribution >= 4 is 33.0 Å². The third kappa shape index (κ3) is 4.57. The summed E-state index contributed by atoms with van der Waals surface area (Å²) in [6.07, 6.45) is 0. The van der Waals surface area contributed by atoms with Crippen LogP contribution in [0.15, 0.2) is 89.1 Å². The zero-order chi connectivity index (χ0) is 21.1. The van der Waals surface area contributed by atoms with Crippen molar-refractivity contribution in [3.8, 4) is 27.3 Å². The predicted molar refractivity (Wildman–Crippen MR) is 122 cm³/mol. The number of hydrogen-bond acceptors (Lipinski definition) is 4. The molecule has 0 saturated heterocycles. The molecule has 0 spiro atoms. The second-order valence-electron chi connectivity index (χ2n) is 6.65. The molecule has 0 fully saturated rings. The van der Waals surface area contributed by atoms with Gasteiger partial charge < -0.3 is 4.74 Å². The van der Waals surface area contributed by atoms with E-state index in [2.05, 4.69) is 0 Å². The highest BCUT2D eigenvalue weighted by Crippen LogP contribution is 2.42. The molecule has 1 aromatic heterocycles. The lowest BCUT2D eigenvalue weighted by molar-refractivity contribution is 0.307. The summed E-state index contributed by atoms with van der Waals surface area (Å²) in [5, 5.41) is 7.85. The SMILES string of the molecule is NS(=O)(=O)c1cccc(-c2sccc2-c2cc(Cl)ccc2OCc2ccccc2)c1. The van der Waals surface area contributed by atoms with Gasteiger partial charge in [0.15, 0.2) is 0 Å². The number of benzene rings is 3. The number of hydrogen-bond donors (Lipinski definition) is 1. The van der Waals surface area contributed by atoms with Crippen LogP contribution in [0.3, 0.4) is 0 Å².